The fourth-order valence-electron chi connectivity index (χ4n) is 3.05. The normalized spacial score (nSPS) is 13.5. The van der Waals surface area contributed by atoms with Crippen LogP contribution in [-0.2, 0) is 11.3 Å². The quantitative estimate of drug-likeness (QED) is 0.563. The number of amides is 1. The molecule has 7 heteroatoms. The molecule has 0 spiro atoms. The molecule has 144 valence electrons. The number of nitrogens with zero attached hydrogens (tertiary/aromatic N) is 4. The van der Waals surface area contributed by atoms with Crippen molar-refractivity contribution in [3.05, 3.63) is 66.0 Å². The summed E-state index contributed by atoms with van der Waals surface area (Å²) >= 11 is 1.36. The molecule has 1 fully saturated rings. The fraction of sp³-hybridized carbons (Fsp3) is 0.286. The van der Waals surface area contributed by atoms with Gasteiger partial charge in [0.15, 0.2) is 11.0 Å². The molecule has 1 amide bonds. The van der Waals surface area contributed by atoms with Crippen LogP contribution in [0.5, 0.6) is 0 Å². The molecule has 0 N–H and O–H groups in total. The van der Waals surface area contributed by atoms with E-state index in [0.29, 0.717) is 23.1 Å². The minimum atomic E-state index is -0.313. The number of aromatic nitrogens is 3. The highest BCUT2D eigenvalue weighted by Crippen LogP contribution is 2.41. The minimum absolute atomic E-state index is 0.0200. The molecule has 5 nitrogen and oxygen atoms in total. The highest BCUT2D eigenvalue weighted by Gasteiger charge is 2.31. The van der Waals surface area contributed by atoms with Gasteiger partial charge in [-0.25, -0.2) is 4.39 Å². The van der Waals surface area contributed by atoms with Crippen LogP contribution in [0.15, 0.2) is 59.8 Å². The predicted molar refractivity (Wildman–Crippen MR) is 107 cm³/mol. The Balaban J connectivity index is 1.47. The van der Waals surface area contributed by atoms with Gasteiger partial charge in [-0.1, -0.05) is 54.2 Å². The molecular weight excluding hydrogens is 375 g/mol. The number of thioether (sulfide) groups is 1. The molecule has 1 aliphatic rings. The summed E-state index contributed by atoms with van der Waals surface area (Å²) in [7, 11) is 1.80. The third kappa shape index (κ3) is 4.09. The van der Waals surface area contributed by atoms with Crippen molar-refractivity contribution in [2.45, 2.75) is 30.6 Å². The van der Waals surface area contributed by atoms with Crippen LogP contribution in [0.25, 0.3) is 11.4 Å². The van der Waals surface area contributed by atoms with Crippen LogP contribution in [0.4, 0.5) is 4.39 Å². The van der Waals surface area contributed by atoms with Gasteiger partial charge in [-0.15, -0.1) is 10.2 Å². The van der Waals surface area contributed by atoms with Crippen molar-refractivity contribution in [3.63, 3.8) is 0 Å². The first-order valence-electron chi connectivity index (χ1n) is 9.24. The largest absolute Gasteiger partial charge is 0.341 e. The maximum absolute atomic E-state index is 14.2. The van der Waals surface area contributed by atoms with E-state index in [0.717, 1.165) is 18.4 Å². The summed E-state index contributed by atoms with van der Waals surface area (Å²) in [6, 6.07) is 16.8. The second-order valence-electron chi connectivity index (χ2n) is 6.91. The van der Waals surface area contributed by atoms with Gasteiger partial charge in [0.2, 0.25) is 5.91 Å². The van der Waals surface area contributed by atoms with E-state index in [-0.39, 0.29) is 23.5 Å². The van der Waals surface area contributed by atoms with Crippen LogP contribution in [-0.4, -0.2) is 38.4 Å². The molecule has 1 heterocycles. The van der Waals surface area contributed by atoms with Gasteiger partial charge in [-0.3, -0.25) is 9.36 Å². The summed E-state index contributed by atoms with van der Waals surface area (Å²) in [4.78, 5) is 14.2. The van der Waals surface area contributed by atoms with Crippen LogP contribution >= 0.6 is 11.8 Å². The summed E-state index contributed by atoms with van der Waals surface area (Å²) in [5.41, 5.74) is 1.53. The average molecular weight is 396 g/mol. The van der Waals surface area contributed by atoms with Gasteiger partial charge in [0, 0.05) is 19.6 Å². The van der Waals surface area contributed by atoms with Gasteiger partial charge in [0.25, 0.3) is 0 Å². The topological polar surface area (TPSA) is 51.0 Å². The molecule has 4 rings (SSSR count). The zero-order chi connectivity index (χ0) is 19.5. The Labute approximate surface area is 167 Å². The molecule has 1 aromatic heterocycles. The minimum Gasteiger partial charge on any atom is -0.341 e. The van der Waals surface area contributed by atoms with E-state index in [1.807, 2.05) is 34.9 Å². The lowest BCUT2D eigenvalue weighted by molar-refractivity contribution is -0.127. The first-order valence-corrected chi connectivity index (χ1v) is 10.2. The molecule has 0 radical (unpaired) electrons. The predicted octanol–water partition coefficient (Wildman–Crippen LogP) is 4.17. The van der Waals surface area contributed by atoms with E-state index in [2.05, 4.69) is 10.2 Å². The highest BCUT2D eigenvalue weighted by atomic mass is 32.2. The molecule has 2 aromatic carbocycles. The van der Waals surface area contributed by atoms with Crippen LogP contribution < -0.4 is 0 Å². The van der Waals surface area contributed by atoms with E-state index in [1.54, 1.807) is 30.1 Å². The lowest BCUT2D eigenvalue weighted by atomic mass is 10.2. The van der Waals surface area contributed by atoms with Crippen molar-refractivity contribution >= 4 is 17.7 Å². The van der Waals surface area contributed by atoms with Crippen LogP contribution in [0.1, 0.15) is 24.4 Å². The number of halogens is 1. The average Bonchev–Trinajstić information content (AvgIpc) is 3.46. The monoisotopic (exact) mass is 396 g/mol. The van der Waals surface area contributed by atoms with E-state index in [4.69, 9.17) is 0 Å². The van der Waals surface area contributed by atoms with Gasteiger partial charge in [-0.2, -0.15) is 0 Å². The third-order valence-electron chi connectivity index (χ3n) is 4.70. The molecule has 0 unspecified atom stereocenters. The Kier molecular flexibility index (Phi) is 5.43. The van der Waals surface area contributed by atoms with Gasteiger partial charge < -0.3 is 4.90 Å². The number of carbonyl (C=O) groups is 1. The highest BCUT2D eigenvalue weighted by molar-refractivity contribution is 7.99. The maximum Gasteiger partial charge on any atom is 0.233 e. The zero-order valence-corrected chi connectivity index (χ0v) is 16.4. The molecule has 1 aliphatic carbocycles. The molecule has 0 saturated heterocycles. The smallest absolute Gasteiger partial charge is 0.233 e. The summed E-state index contributed by atoms with van der Waals surface area (Å²) in [5.74, 6) is 0.512. The van der Waals surface area contributed by atoms with Crippen LogP contribution in [0.3, 0.4) is 0 Å². The van der Waals surface area contributed by atoms with Crippen molar-refractivity contribution in [1.82, 2.24) is 19.7 Å². The summed E-state index contributed by atoms with van der Waals surface area (Å²) < 4.78 is 16.2. The Morgan fingerprint density at radius 1 is 1.14 bits per heavy atom. The molecule has 28 heavy (non-hydrogen) atoms. The first kappa shape index (κ1) is 18.7. The fourth-order valence-corrected chi connectivity index (χ4v) is 3.99. The van der Waals surface area contributed by atoms with Gasteiger partial charge >= 0.3 is 0 Å². The van der Waals surface area contributed by atoms with Gasteiger partial charge in [-0.05, 0) is 30.5 Å². The van der Waals surface area contributed by atoms with Crippen molar-refractivity contribution < 1.29 is 9.18 Å². The molecule has 1 saturated carbocycles. The van der Waals surface area contributed by atoms with E-state index < -0.39 is 0 Å². The van der Waals surface area contributed by atoms with Crippen molar-refractivity contribution in [2.24, 2.45) is 0 Å². The van der Waals surface area contributed by atoms with E-state index in [1.165, 1.54) is 17.8 Å². The van der Waals surface area contributed by atoms with Crippen molar-refractivity contribution in [3.8, 4) is 11.4 Å². The SMILES string of the molecule is CN(Cc1ccccc1)C(=O)CSc1nnc(-c2ccccc2F)n1C1CC1. The van der Waals surface area contributed by atoms with Gasteiger partial charge in [0.1, 0.15) is 5.82 Å². The lowest BCUT2D eigenvalue weighted by Gasteiger charge is -2.17. The van der Waals surface area contributed by atoms with Crippen molar-refractivity contribution in [2.75, 3.05) is 12.8 Å². The molecular formula is C21H21FN4OS. The molecule has 0 bridgehead atoms. The number of hydrogen-bond donors (Lipinski definition) is 0. The number of carbonyl (C=O) groups excluding carboxylic acids is 1. The van der Waals surface area contributed by atoms with Crippen molar-refractivity contribution in [1.29, 1.82) is 0 Å². The zero-order valence-electron chi connectivity index (χ0n) is 15.6. The first-order chi connectivity index (χ1) is 13.6. The molecule has 0 atom stereocenters. The number of rotatable bonds is 7. The number of hydrogen-bond acceptors (Lipinski definition) is 4. The standard InChI is InChI=1S/C21H21FN4OS/c1-25(13-15-7-3-2-4-8-15)19(27)14-28-21-24-23-20(26(21)16-11-12-16)17-9-5-6-10-18(17)22/h2-10,16H,11-14H2,1H3. The lowest BCUT2D eigenvalue weighted by Crippen LogP contribution is -2.27. The Hall–Kier alpha value is -2.67. The van der Waals surface area contributed by atoms with Gasteiger partial charge in [0.05, 0.1) is 11.3 Å². The third-order valence-corrected chi connectivity index (χ3v) is 5.63. The summed E-state index contributed by atoms with van der Waals surface area (Å²) in [5, 5.41) is 9.14. The Morgan fingerprint density at radius 3 is 2.57 bits per heavy atom. The maximum atomic E-state index is 14.2. The van der Waals surface area contributed by atoms with Crippen LogP contribution in [0, 0.1) is 5.82 Å². The van der Waals surface area contributed by atoms with E-state index in [9.17, 15) is 9.18 Å². The molecule has 3 aromatic rings. The second kappa shape index (κ2) is 8.14. The Morgan fingerprint density at radius 2 is 1.86 bits per heavy atom. The molecule has 0 aliphatic heterocycles. The summed E-state index contributed by atoms with van der Waals surface area (Å²) in [6.07, 6.45) is 2.05. The Bertz CT molecular complexity index is 972. The summed E-state index contributed by atoms with van der Waals surface area (Å²) in [6.45, 7) is 0.566. The van der Waals surface area contributed by atoms with Crippen LogP contribution in [0.2, 0.25) is 0 Å². The van der Waals surface area contributed by atoms with E-state index >= 15 is 0 Å². The second-order valence-corrected chi connectivity index (χ2v) is 7.85. The number of benzene rings is 2.